The highest BCUT2D eigenvalue weighted by Crippen LogP contribution is 2.35. The van der Waals surface area contributed by atoms with Crippen LogP contribution in [-0.2, 0) is 24.8 Å². The Labute approximate surface area is 198 Å². The fourth-order valence-electron chi connectivity index (χ4n) is 4.44. The fourth-order valence-corrected chi connectivity index (χ4v) is 4.44. The van der Waals surface area contributed by atoms with E-state index >= 15 is 4.39 Å². The molecule has 1 saturated heterocycles. The van der Waals surface area contributed by atoms with Crippen LogP contribution < -0.4 is 4.74 Å². The van der Waals surface area contributed by atoms with Crippen LogP contribution in [-0.4, -0.2) is 44.9 Å². The molecule has 2 aromatic heterocycles. The molecular weight excluding hydrogens is 435 g/mol. The van der Waals surface area contributed by atoms with Gasteiger partial charge in [0.1, 0.15) is 23.2 Å². The zero-order valence-corrected chi connectivity index (χ0v) is 18.5. The number of benzene rings is 2. The summed E-state index contributed by atoms with van der Waals surface area (Å²) >= 11 is 0. The van der Waals surface area contributed by atoms with Gasteiger partial charge in [-0.2, -0.15) is 5.10 Å². The minimum atomic E-state index is -2.12. The predicted octanol–water partition coefficient (Wildman–Crippen LogP) is 4.10. The van der Waals surface area contributed by atoms with E-state index in [1.165, 1.54) is 18.3 Å². The molecule has 2 aliphatic heterocycles. The number of aryl methyl sites for hydroxylation is 1. The first kappa shape index (κ1) is 18.6. The molecule has 1 amide bonds. The zero-order chi connectivity index (χ0) is 25.0. The zero-order valence-electron chi connectivity index (χ0n) is 20.5. The number of ether oxygens (including phenoxy) is 2. The smallest absolute Gasteiger partial charge is 0.256 e. The molecule has 0 aliphatic carbocycles. The highest BCUT2D eigenvalue weighted by Gasteiger charge is 2.28. The van der Waals surface area contributed by atoms with E-state index in [9.17, 15) is 4.79 Å². The summed E-state index contributed by atoms with van der Waals surface area (Å²) in [7, 11) is 1.82. The number of halogens is 1. The SMILES string of the molecule is [2H]C1([2H])c2ncccc2C(=O)N1Cc1ccc(-c2ccc(O[C@@H]3CCOC3)c3nn(C)cc23)cc1F. The molecule has 34 heavy (non-hydrogen) atoms. The van der Waals surface area contributed by atoms with Gasteiger partial charge in [-0.1, -0.05) is 12.1 Å². The van der Waals surface area contributed by atoms with Crippen molar-refractivity contribution in [1.82, 2.24) is 19.7 Å². The number of nitrogens with zero attached hydrogens (tertiary/aromatic N) is 4. The Morgan fingerprint density at radius 2 is 2.18 bits per heavy atom. The molecular formula is C26H23FN4O3. The average molecular weight is 461 g/mol. The minimum absolute atomic E-state index is 0.0198. The Kier molecular flexibility index (Phi) is 4.50. The van der Waals surface area contributed by atoms with E-state index < -0.39 is 18.2 Å². The van der Waals surface area contributed by atoms with Crippen LogP contribution in [0.5, 0.6) is 5.75 Å². The second-order valence-electron chi connectivity index (χ2n) is 8.49. The molecule has 7 nitrogen and oxygen atoms in total. The quantitative estimate of drug-likeness (QED) is 0.449. The summed E-state index contributed by atoms with van der Waals surface area (Å²) in [6.45, 7) is -1.12. The van der Waals surface area contributed by atoms with Crippen molar-refractivity contribution >= 4 is 16.8 Å². The third-order valence-corrected chi connectivity index (χ3v) is 6.15. The van der Waals surface area contributed by atoms with Gasteiger partial charge in [-0.25, -0.2) is 4.39 Å². The van der Waals surface area contributed by atoms with E-state index in [2.05, 4.69) is 10.1 Å². The Hall–Kier alpha value is -3.78. The molecule has 6 rings (SSSR count). The molecule has 2 aromatic carbocycles. The molecule has 1 atom stereocenters. The Bertz CT molecular complexity index is 1500. The molecule has 172 valence electrons. The number of amides is 1. The molecule has 0 unspecified atom stereocenters. The van der Waals surface area contributed by atoms with Crippen LogP contribution in [0.2, 0.25) is 0 Å². The lowest BCUT2D eigenvalue weighted by molar-refractivity contribution is 0.0765. The van der Waals surface area contributed by atoms with Crippen LogP contribution in [0.1, 0.15) is 30.8 Å². The van der Waals surface area contributed by atoms with Gasteiger partial charge in [0.2, 0.25) is 0 Å². The molecule has 4 aromatic rings. The number of hydrogen-bond donors (Lipinski definition) is 0. The van der Waals surface area contributed by atoms with Gasteiger partial charge in [-0.05, 0) is 41.5 Å². The van der Waals surface area contributed by atoms with Crippen molar-refractivity contribution in [2.24, 2.45) is 7.05 Å². The molecule has 8 heteroatoms. The van der Waals surface area contributed by atoms with Gasteiger partial charge < -0.3 is 14.4 Å². The van der Waals surface area contributed by atoms with Gasteiger partial charge in [0, 0.05) is 43.4 Å². The Balaban J connectivity index is 1.31. The van der Waals surface area contributed by atoms with E-state index in [0.717, 1.165) is 22.3 Å². The number of carbonyl (C=O) groups excluding carboxylic acids is 1. The monoisotopic (exact) mass is 460 g/mol. The normalized spacial score (nSPS) is 19.9. The van der Waals surface area contributed by atoms with Gasteiger partial charge in [0.15, 0.2) is 0 Å². The second kappa shape index (κ2) is 8.22. The average Bonchev–Trinajstić information content (AvgIpc) is 3.56. The van der Waals surface area contributed by atoms with Crippen LogP contribution in [0.25, 0.3) is 22.0 Å². The van der Waals surface area contributed by atoms with Crippen molar-refractivity contribution in [3.63, 3.8) is 0 Å². The molecule has 0 N–H and O–H groups in total. The van der Waals surface area contributed by atoms with Gasteiger partial charge in [-0.15, -0.1) is 0 Å². The molecule has 4 heterocycles. The van der Waals surface area contributed by atoms with Gasteiger partial charge in [0.25, 0.3) is 5.91 Å². The lowest BCUT2D eigenvalue weighted by Crippen LogP contribution is -2.23. The Morgan fingerprint density at radius 3 is 2.97 bits per heavy atom. The summed E-state index contributed by atoms with van der Waals surface area (Å²) in [5, 5.41) is 5.39. The lowest BCUT2D eigenvalue weighted by atomic mass is 9.99. The highest BCUT2D eigenvalue weighted by atomic mass is 19.1. The number of fused-ring (bicyclic) bond motifs is 2. The first-order valence-electron chi connectivity index (χ1n) is 12.1. The van der Waals surface area contributed by atoms with Crippen molar-refractivity contribution < 1.29 is 21.4 Å². The minimum Gasteiger partial charge on any atom is -0.486 e. The summed E-state index contributed by atoms with van der Waals surface area (Å²) in [5.41, 5.74) is 2.59. The van der Waals surface area contributed by atoms with Crippen LogP contribution in [0.4, 0.5) is 4.39 Å². The number of carbonyl (C=O) groups is 1. The fraction of sp³-hybridized carbons (Fsp3) is 0.269. The summed E-state index contributed by atoms with van der Waals surface area (Å²) in [6.07, 6.45) is 4.12. The van der Waals surface area contributed by atoms with Crippen LogP contribution in [0.3, 0.4) is 0 Å². The second-order valence-corrected chi connectivity index (χ2v) is 8.49. The van der Waals surface area contributed by atoms with Crippen molar-refractivity contribution in [1.29, 1.82) is 0 Å². The van der Waals surface area contributed by atoms with Crippen LogP contribution in [0, 0.1) is 5.82 Å². The summed E-state index contributed by atoms with van der Waals surface area (Å²) in [5.74, 6) is -0.378. The third kappa shape index (κ3) is 3.60. The maximum absolute atomic E-state index is 15.3. The topological polar surface area (TPSA) is 69.5 Å². The van der Waals surface area contributed by atoms with Gasteiger partial charge >= 0.3 is 0 Å². The number of pyridine rings is 1. The highest BCUT2D eigenvalue weighted by molar-refractivity contribution is 5.98. The van der Waals surface area contributed by atoms with E-state index in [-0.39, 0.29) is 29.5 Å². The van der Waals surface area contributed by atoms with E-state index in [4.69, 9.17) is 12.2 Å². The number of rotatable bonds is 5. The van der Waals surface area contributed by atoms with Crippen LogP contribution in [0.15, 0.2) is 54.9 Å². The standard InChI is InChI=1S/C26H23FN4O3/c1-30-13-21-19(6-7-24(25(21)29-30)34-18-8-10-33-15-18)16-4-5-17(22(27)11-16)12-31-14-23-20(26(31)32)3-2-9-28-23/h2-7,9,11,13,18H,8,10,12,14-15H2,1H3/t18-/m1/s1/i14D2. The van der Waals surface area contributed by atoms with Crippen molar-refractivity contribution in [3.05, 3.63) is 77.5 Å². The molecule has 0 spiro atoms. The van der Waals surface area contributed by atoms with Crippen LogP contribution >= 0.6 is 0 Å². The molecule has 0 saturated carbocycles. The number of hydrogen-bond acceptors (Lipinski definition) is 5. The summed E-state index contributed by atoms with van der Waals surface area (Å²) in [6, 6.07) is 11.6. The first-order valence-corrected chi connectivity index (χ1v) is 11.1. The van der Waals surface area contributed by atoms with Crippen molar-refractivity contribution in [2.45, 2.75) is 25.6 Å². The van der Waals surface area contributed by atoms with Crippen molar-refractivity contribution in [3.8, 4) is 16.9 Å². The molecule has 2 aliphatic rings. The molecule has 0 bridgehead atoms. The molecule has 1 fully saturated rings. The third-order valence-electron chi connectivity index (χ3n) is 6.15. The summed E-state index contributed by atoms with van der Waals surface area (Å²) in [4.78, 5) is 17.9. The largest absolute Gasteiger partial charge is 0.486 e. The lowest BCUT2D eigenvalue weighted by Gasteiger charge is -2.17. The maximum Gasteiger partial charge on any atom is 0.256 e. The van der Waals surface area contributed by atoms with E-state index in [0.29, 0.717) is 30.0 Å². The maximum atomic E-state index is 15.3. The molecule has 0 radical (unpaired) electrons. The number of aromatic nitrogens is 3. The van der Waals surface area contributed by atoms with Gasteiger partial charge in [0.05, 0.1) is 33.7 Å². The summed E-state index contributed by atoms with van der Waals surface area (Å²) < 4.78 is 45.3. The predicted molar refractivity (Wildman–Crippen MR) is 124 cm³/mol. The van der Waals surface area contributed by atoms with E-state index in [1.54, 1.807) is 22.9 Å². The van der Waals surface area contributed by atoms with E-state index in [1.807, 2.05) is 25.4 Å². The Morgan fingerprint density at radius 1 is 1.26 bits per heavy atom. The first-order chi connectivity index (χ1) is 17.3. The van der Waals surface area contributed by atoms with Crippen molar-refractivity contribution in [2.75, 3.05) is 13.2 Å². The van der Waals surface area contributed by atoms with Gasteiger partial charge in [-0.3, -0.25) is 14.5 Å².